The molecular formula is C22H26N2O6. The molecule has 0 fully saturated rings. The van der Waals surface area contributed by atoms with Gasteiger partial charge in [0.1, 0.15) is 17.0 Å². The number of carbonyl (C=O) groups excluding carboxylic acids is 2. The molecule has 0 aliphatic carbocycles. The molecule has 160 valence electrons. The van der Waals surface area contributed by atoms with Gasteiger partial charge in [0, 0.05) is 23.4 Å². The molecule has 1 aliphatic heterocycles. The van der Waals surface area contributed by atoms with E-state index in [1.807, 2.05) is 0 Å². The maximum Gasteiger partial charge on any atom is 0.336 e. The number of ether oxygens (including phenoxy) is 4. The Kier molecular flexibility index (Phi) is 5.78. The van der Waals surface area contributed by atoms with E-state index in [-0.39, 0.29) is 6.42 Å². The van der Waals surface area contributed by atoms with E-state index >= 15 is 0 Å². The fraction of sp³-hybridized carbons (Fsp3) is 0.364. The largest absolute Gasteiger partial charge is 0.497 e. The van der Waals surface area contributed by atoms with Gasteiger partial charge in [-0.1, -0.05) is 0 Å². The number of esters is 2. The molecule has 0 amide bonds. The third-order valence-electron chi connectivity index (χ3n) is 5.33. The zero-order chi connectivity index (χ0) is 21.9. The van der Waals surface area contributed by atoms with Crippen LogP contribution in [0, 0.1) is 0 Å². The molecule has 0 saturated heterocycles. The predicted molar refractivity (Wildman–Crippen MR) is 112 cm³/mol. The van der Waals surface area contributed by atoms with Gasteiger partial charge < -0.3 is 29.6 Å². The lowest BCUT2D eigenvalue weighted by atomic mass is 9.73. The van der Waals surface area contributed by atoms with Crippen molar-refractivity contribution in [1.29, 1.82) is 0 Å². The standard InChI is InChI=1S/C22H26N2O6/c1-21(19(25)29-4)13-22(20(26)30-5,23-14-6-8-15(27-2)9-7-14)17-12-16(28-3)10-11-18(17)24-21/h6-12,23-24H,13H2,1-5H3/t21-,22+/m1/s1. The van der Waals surface area contributed by atoms with Crippen LogP contribution in [0.25, 0.3) is 0 Å². The Labute approximate surface area is 175 Å². The molecule has 0 spiro atoms. The molecule has 30 heavy (non-hydrogen) atoms. The van der Waals surface area contributed by atoms with Crippen LogP contribution < -0.4 is 20.1 Å². The van der Waals surface area contributed by atoms with Crippen LogP contribution in [0.3, 0.4) is 0 Å². The number of fused-ring (bicyclic) bond motifs is 1. The van der Waals surface area contributed by atoms with Crippen molar-refractivity contribution < 1.29 is 28.5 Å². The minimum atomic E-state index is -1.37. The number of nitrogens with one attached hydrogen (secondary N) is 2. The first-order chi connectivity index (χ1) is 14.3. The normalized spacial score (nSPS) is 22.2. The van der Waals surface area contributed by atoms with Crippen LogP contribution in [0.5, 0.6) is 11.5 Å². The third kappa shape index (κ3) is 3.60. The van der Waals surface area contributed by atoms with Gasteiger partial charge in [-0.2, -0.15) is 0 Å². The minimum absolute atomic E-state index is 0.0472. The Bertz CT molecular complexity index is 945. The van der Waals surface area contributed by atoms with Crippen molar-refractivity contribution >= 4 is 23.3 Å². The van der Waals surface area contributed by atoms with Crippen LogP contribution in [-0.4, -0.2) is 45.9 Å². The summed E-state index contributed by atoms with van der Waals surface area (Å²) in [4.78, 5) is 25.9. The second-order valence-electron chi connectivity index (χ2n) is 7.29. The Morgan fingerprint density at radius 1 is 0.900 bits per heavy atom. The molecule has 2 N–H and O–H groups in total. The number of hydrogen-bond acceptors (Lipinski definition) is 8. The molecule has 1 aliphatic rings. The lowest BCUT2D eigenvalue weighted by Gasteiger charge is -2.45. The summed E-state index contributed by atoms with van der Waals surface area (Å²) in [6.07, 6.45) is 0.0472. The van der Waals surface area contributed by atoms with Gasteiger partial charge in [0.05, 0.1) is 28.4 Å². The average molecular weight is 414 g/mol. The number of rotatable bonds is 6. The van der Waals surface area contributed by atoms with Crippen LogP contribution in [0.2, 0.25) is 0 Å². The summed E-state index contributed by atoms with van der Waals surface area (Å²) in [5, 5.41) is 6.52. The highest BCUT2D eigenvalue weighted by Gasteiger charge is 2.55. The highest BCUT2D eigenvalue weighted by Crippen LogP contribution is 2.46. The Morgan fingerprint density at radius 2 is 1.50 bits per heavy atom. The molecule has 0 bridgehead atoms. The summed E-state index contributed by atoms with van der Waals surface area (Å²) in [5.41, 5.74) is -0.692. The second kappa shape index (κ2) is 8.14. The molecule has 3 rings (SSSR count). The van der Waals surface area contributed by atoms with Gasteiger partial charge in [0.25, 0.3) is 0 Å². The van der Waals surface area contributed by atoms with Crippen LogP contribution >= 0.6 is 0 Å². The number of carbonyl (C=O) groups is 2. The van der Waals surface area contributed by atoms with E-state index in [9.17, 15) is 9.59 Å². The Hall–Kier alpha value is -3.42. The fourth-order valence-corrected chi connectivity index (χ4v) is 3.87. The van der Waals surface area contributed by atoms with Gasteiger partial charge in [-0.05, 0) is 49.4 Å². The Morgan fingerprint density at radius 3 is 2.07 bits per heavy atom. The first-order valence-corrected chi connectivity index (χ1v) is 9.37. The zero-order valence-corrected chi connectivity index (χ0v) is 17.7. The molecule has 0 unspecified atom stereocenters. The summed E-state index contributed by atoms with van der Waals surface area (Å²) in [7, 11) is 5.76. The van der Waals surface area contributed by atoms with E-state index < -0.39 is 23.0 Å². The topological polar surface area (TPSA) is 95.1 Å². The molecule has 0 radical (unpaired) electrons. The van der Waals surface area contributed by atoms with Crippen molar-refractivity contribution in [2.75, 3.05) is 39.1 Å². The molecular weight excluding hydrogens is 388 g/mol. The lowest BCUT2D eigenvalue weighted by molar-refractivity contribution is -0.151. The lowest BCUT2D eigenvalue weighted by Crippen LogP contribution is -2.59. The quantitative estimate of drug-likeness (QED) is 0.697. The fourth-order valence-electron chi connectivity index (χ4n) is 3.87. The van der Waals surface area contributed by atoms with Crippen molar-refractivity contribution in [1.82, 2.24) is 0 Å². The summed E-state index contributed by atoms with van der Waals surface area (Å²) >= 11 is 0. The van der Waals surface area contributed by atoms with Crippen molar-refractivity contribution in [3.05, 3.63) is 48.0 Å². The van der Waals surface area contributed by atoms with E-state index in [4.69, 9.17) is 18.9 Å². The van der Waals surface area contributed by atoms with Gasteiger partial charge in [0.15, 0.2) is 5.54 Å². The first kappa shape index (κ1) is 21.3. The van der Waals surface area contributed by atoms with Crippen LogP contribution in [-0.2, 0) is 24.6 Å². The van der Waals surface area contributed by atoms with Crippen LogP contribution in [0.4, 0.5) is 11.4 Å². The van der Waals surface area contributed by atoms with Gasteiger partial charge in [-0.25, -0.2) is 9.59 Å². The van der Waals surface area contributed by atoms with Crippen LogP contribution in [0.1, 0.15) is 18.9 Å². The number of hydrogen-bond donors (Lipinski definition) is 2. The zero-order valence-electron chi connectivity index (χ0n) is 17.7. The molecule has 2 aromatic carbocycles. The third-order valence-corrected chi connectivity index (χ3v) is 5.33. The number of methoxy groups -OCH3 is 4. The molecule has 2 atom stereocenters. The van der Waals surface area contributed by atoms with E-state index in [0.29, 0.717) is 28.4 Å². The molecule has 8 heteroatoms. The number of anilines is 2. The smallest absolute Gasteiger partial charge is 0.336 e. The summed E-state index contributed by atoms with van der Waals surface area (Å²) in [6, 6.07) is 12.4. The van der Waals surface area contributed by atoms with Gasteiger partial charge in [-0.15, -0.1) is 0 Å². The summed E-state index contributed by atoms with van der Waals surface area (Å²) < 4.78 is 20.8. The maximum atomic E-state index is 13.2. The number of benzene rings is 2. The maximum absolute atomic E-state index is 13.2. The predicted octanol–water partition coefficient (Wildman–Crippen LogP) is 2.93. The molecule has 8 nitrogen and oxygen atoms in total. The second-order valence-corrected chi connectivity index (χ2v) is 7.29. The first-order valence-electron chi connectivity index (χ1n) is 9.37. The molecule has 0 aromatic heterocycles. The molecule has 1 heterocycles. The van der Waals surface area contributed by atoms with Crippen molar-refractivity contribution in [2.45, 2.75) is 24.4 Å². The molecule has 2 aromatic rings. The summed E-state index contributed by atoms with van der Waals surface area (Å²) in [5.74, 6) is 0.222. The molecule has 0 saturated carbocycles. The average Bonchev–Trinajstić information content (AvgIpc) is 2.77. The van der Waals surface area contributed by atoms with E-state index in [2.05, 4.69) is 10.6 Å². The van der Waals surface area contributed by atoms with Crippen molar-refractivity contribution in [3.63, 3.8) is 0 Å². The highest BCUT2D eigenvalue weighted by molar-refractivity contribution is 5.95. The SMILES string of the molecule is COC(=O)[C@@]1(C)C[C@@](Nc2ccc(OC)cc2)(C(=O)OC)c2cc(OC)ccc2N1. The Balaban J connectivity index is 2.21. The van der Waals surface area contributed by atoms with E-state index in [1.165, 1.54) is 14.2 Å². The highest BCUT2D eigenvalue weighted by atomic mass is 16.5. The summed E-state index contributed by atoms with van der Waals surface area (Å²) in [6.45, 7) is 1.69. The monoisotopic (exact) mass is 414 g/mol. The minimum Gasteiger partial charge on any atom is -0.497 e. The van der Waals surface area contributed by atoms with Crippen molar-refractivity contribution in [2.24, 2.45) is 0 Å². The van der Waals surface area contributed by atoms with E-state index in [0.717, 1.165) is 0 Å². The van der Waals surface area contributed by atoms with Crippen molar-refractivity contribution in [3.8, 4) is 11.5 Å². The van der Waals surface area contributed by atoms with Gasteiger partial charge in [-0.3, -0.25) is 0 Å². The van der Waals surface area contributed by atoms with E-state index in [1.54, 1.807) is 63.6 Å². The van der Waals surface area contributed by atoms with Gasteiger partial charge >= 0.3 is 11.9 Å². The van der Waals surface area contributed by atoms with Crippen LogP contribution in [0.15, 0.2) is 42.5 Å². The van der Waals surface area contributed by atoms with Gasteiger partial charge in [0.2, 0.25) is 0 Å².